The van der Waals surface area contributed by atoms with E-state index in [2.05, 4.69) is 182 Å². The average molecular weight is 623 g/mol. The molecule has 0 aliphatic heterocycles. The minimum absolute atomic E-state index is 0.900. The first kappa shape index (κ1) is 27.7. The lowest BCUT2D eigenvalue weighted by molar-refractivity contribution is 0.669. The fourth-order valence-corrected chi connectivity index (χ4v) is 7.86. The molecule has 9 aromatic carbocycles. The van der Waals surface area contributed by atoms with Gasteiger partial charge in [0, 0.05) is 16.3 Å². The highest BCUT2D eigenvalue weighted by molar-refractivity contribution is 6.27. The van der Waals surface area contributed by atoms with Crippen LogP contribution in [0.25, 0.3) is 98.8 Å². The molecule has 10 aromatic rings. The summed E-state index contributed by atoms with van der Waals surface area (Å²) < 4.78 is 6.51. The summed E-state index contributed by atoms with van der Waals surface area (Å²) in [7, 11) is 0. The van der Waals surface area contributed by atoms with Crippen LogP contribution in [0.3, 0.4) is 0 Å². The zero-order valence-electron chi connectivity index (χ0n) is 26.7. The molecule has 0 saturated heterocycles. The number of furan rings is 1. The predicted molar refractivity (Wildman–Crippen MR) is 208 cm³/mol. The Morgan fingerprint density at radius 3 is 1.49 bits per heavy atom. The van der Waals surface area contributed by atoms with Crippen molar-refractivity contribution in [1.82, 2.24) is 0 Å². The minimum Gasteiger partial charge on any atom is -0.456 e. The standard InChI is InChI=1S/C48H30O/c1-3-13-31(14-4-1)34-25-23-32-24-26-35(30-36(32)29-34)45-38-17-7-9-19-40(38)46(41-20-10-8-18-39(41)45)48-37(33-15-5-2-6-16-33)27-28-44-47(48)42-21-11-12-22-43(42)49-44/h1-30H. The normalized spacial score (nSPS) is 11.7. The van der Waals surface area contributed by atoms with Gasteiger partial charge in [0.15, 0.2) is 0 Å². The van der Waals surface area contributed by atoms with Gasteiger partial charge in [-0.2, -0.15) is 0 Å². The molecule has 0 unspecified atom stereocenters. The molecule has 1 heterocycles. The third-order valence-corrected chi connectivity index (χ3v) is 10.0. The van der Waals surface area contributed by atoms with Crippen molar-refractivity contribution in [1.29, 1.82) is 0 Å². The molecule has 1 aromatic heterocycles. The van der Waals surface area contributed by atoms with Gasteiger partial charge in [0.2, 0.25) is 0 Å². The summed E-state index contributed by atoms with van der Waals surface area (Å²) in [6, 6.07) is 65.8. The Hall–Kier alpha value is -6.44. The fourth-order valence-electron chi connectivity index (χ4n) is 7.86. The SMILES string of the molecule is c1ccc(-c2ccc3ccc(-c4c5ccccc5c(-c5c(-c6ccccc6)ccc6oc7ccccc7c56)c5ccccc45)cc3c2)cc1. The molecule has 0 amide bonds. The molecule has 0 fully saturated rings. The van der Waals surface area contributed by atoms with Crippen molar-refractivity contribution < 1.29 is 4.42 Å². The smallest absolute Gasteiger partial charge is 0.136 e. The number of fused-ring (bicyclic) bond motifs is 6. The van der Waals surface area contributed by atoms with Gasteiger partial charge in [-0.15, -0.1) is 0 Å². The Morgan fingerprint density at radius 1 is 0.286 bits per heavy atom. The van der Waals surface area contributed by atoms with Crippen LogP contribution in [-0.2, 0) is 0 Å². The first-order chi connectivity index (χ1) is 24.3. The van der Waals surface area contributed by atoms with Gasteiger partial charge < -0.3 is 4.42 Å². The van der Waals surface area contributed by atoms with Crippen molar-refractivity contribution in [2.75, 3.05) is 0 Å². The van der Waals surface area contributed by atoms with Crippen LogP contribution >= 0.6 is 0 Å². The fraction of sp³-hybridized carbons (Fsp3) is 0. The molecular weight excluding hydrogens is 593 g/mol. The van der Waals surface area contributed by atoms with Crippen molar-refractivity contribution >= 4 is 54.3 Å². The lowest BCUT2D eigenvalue weighted by Crippen LogP contribution is -1.93. The molecule has 0 aliphatic rings. The Labute approximate surface area is 284 Å². The van der Waals surface area contributed by atoms with Crippen molar-refractivity contribution in [3.63, 3.8) is 0 Å². The summed E-state index contributed by atoms with van der Waals surface area (Å²) in [5.41, 5.74) is 11.6. The maximum Gasteiger partial charge on any atom is 0.136 e. The number of hydrogen-bond donors (Lipinski definition) is 0. The first-order valence-corrected chi connectivity index (χ1v) is 16.8. The molecule has 228 valence electrons. The van der Waals surface area contributed by atoms with Crippen LogP contribution in [0.5, 0.6) is 0 Å². The highest BCUT2D eigenvalue weighted by Crippen LogP contribution is 2.50. The largest absolute Gasteiger partial charge is 0.456 e. The zero-order chi connectivity index (χ0) is 32.3. The van der Waals surface area contributed by atoms with Gasteiger partial charge in [0.05, 0.1) is 0 Å². The Morgan fingerprint density at radius 2 is 0.816 bits per heavy atom. The molecule has 0 spiro atoms. The third kappa shape index (κ3) is 4.40. The van der Waals surface area contributed by atoms with E-state index in [9.17, 15) is 0 Å². The molecule has 49 heavy (non-hydrogen) atoms. The first-order valence-electron chi connectivity index (χ1n) is 16.8. The van der Waals surface area contributed by atoms with Crippen molar-refractivity contribution in [2.24, 2.45) is 0 Å². The molecule has 0 radical (unpaired) electrons. The summed E-state index contributed by atoms with van der Waals surface area (Å²) in [5.74, 6) is 0. The van der Waals surface area contributed by atoms with Crippen LogP contribution in [0, 0.1) is 0 Å². The molecule has 10 rings (SSSR count). The van der Waals surface area contributed by atoms with Crippen LogP contribution < -0.4 is 0 Å². The van der Waals surface area contributed by atoms with E-state index in [0.717, 1.165) is 21.9 Å². The van der Waals surface area contributed by atoms with E-state index < -0.39 is 0 Å². The minimum atomic E-state index is 0.900. The highest BCUT2D eigenvalue weighted by Gasteiger charge is 2.23. The molecule has 1 heteroatoms. The zero-order valence-corrected chi connectivity index (χ0v) is 26.7. The van der Waals surface area contributed by atoms with Crippen LogP contribution in [0.15, 0.2) is 186 Å². The summed E-state index contributed by atoms with van der Waals surface area (Å²) in [6.45, 7) is 0. The van der Waals surface area contributed by atoms with Crippen LogP contribution in [0.1, 0.15) is 0 Å². The highest BCUT2D eigenvalue weighted by atomic mass is 16.3. The molecule has 0 N–H and O–H groups in total. The van der Waals surface area contributed by atoms with E-state index in [4.69, 9.17) is 4.42 Å². The van der Waals surface area contributed by atoms with Gasteiger partial charge in [-0.05, 0) is 95.5 Å². The van der Waals surface area contributed by atoms with Gasteiger partial charge in [-0.3, -0.25) is 0 Å². The second kappa shape index (κ2) is 11.1. The van der Waals surface area contributed by atoms with Crippen molar-refractivity contribution in [2.45, 2.75) is 0 Å². The number of para-hydroxylation sites is 1. The quantitative estimate of drug-likeness (QED) is 0.178. The summed E-state index contributed by atoms with van der Waals surface area (Å²) in [4.78, 5) is 0. The maximum absolute atomic E-state index is 6.51. The van der Waals surface area contributed by atoms with Gasteiger partial charge in [-0.1, -0.05) is 158 Å². The van der Waals surface area contributed by atoms with E-state index in [1.165, 1.54) is 76.8 Å². The van der Waals surface area contributed by atoms with E-state index in [1.54, 1.807) is 0 Å². The topological polar surface area (TPSA) is 13.1 Å². The lowest BCUT2D eigenvalue weighted by atomic mass is 9.82. The molecule has 1 nitrogen and oxygen atoms in total. The van der Waals surface area contributed by atoms with Crippen molar-refractivity contribution in [3.05, 3.63) is 182 Å². The van der Waals surface area contributed by atoms with E-state index in [1.807, 2.05) is 0 Å². The Bertz CT molecular complexity index is 2800. The third-order valence-electron chi connectivity index (χ3n) is 10.0. The van der Waals surface area contributed by atoms with E-state index in [0.29, 0.717) is 0 Å². The second-order valence-corrected chi connectivity index (χ2v) is 12.8. The van der Waals surface area contributed by atoms with Crippen LogP contribution in [-0.4, -0.2) is 0 Å². The summed E-state index contributed by atoms with van der Waals surface area (Å²) in [5, 5.41) is 9.67. The molecule has 0 aliphatic carbocycles. The van der Waals surface area contributed by atoms with E-state index in [-0.39, 0.29) is 0 Å². The van der Waals surface area contributed by atoms with Gasteiger partial charge >= 0.3 is 0 Å². The lowest BCUT2D eigenvalue weighted by Gasteiger charge is -2.20. The molecular formula is C48H30O. The predicted octanol–water partition coefficient (Wildman–Crippen LogP) is 13.7. The maximum atomic E-state index is 6.51. The number of benzene rings is 9. The van der Waals surface area contributed by atoms with Crippen molar-refractivity contribution in [3.8, 4) is 44.5 Å². The van der Waals surface area contributed by atoms with Crippen LogP contribution in [0.2, 0.25) is 0 Å². The molecule has 0 bridgehead atoms. The van der Waals surface area contributed by atoms with Gasteiger partial charge in [0.25, 0.3) is 0 Å². The Balaban J connectivity index is 1.32. The summed E-state index contributed by atoms with van der Waals surface area (Å²) >= 11 is 0. The number of rotatable bonds is 4. The second-order valence-electron chi connectivity index (χ2n) is 12.8. The average Bonchev–Trinajstić information content (AvgIpc) is 3.56. The van der Waals surface area contributed by atoms with E-state index >= 15 is 0 Å². The van der Waals surface area contributed by atoms with Crippen LogP contribution in [0.4, 0.5) is 0 Å². The molecule has 0 atom stereocenters. The van der Waals surface area contributed by atoms with Gasteiger partial charge in [0.1, 0.15) is 11.2 Å². The Kier molecular flexibility index (Phi) is 6.25. The molecule has 0 saturated carbocycles. The monoisotopic (exact) mass is 622 g/mol. The number of hydrogen-bond acceptors (Lipinski definition) is 1. The summed E-state index contributed by atoms with van der Waals surface area (Å²) in [6.07, 6.45) is 0. The van der Waals surface area contributed by atoms with Gasteiger partial charge in [-0.25, -0.2) is 0 Å².